The van der Waals surface area contributed by atoms with Crippen LogP contribution in [-0.4, -0.2) is 68.6 Å². The van der Waals surface area contributed by atoms with Gasteiger partial charge in [-0.1, -0.05) is 61.0 Å². The number of hydrogen-bond donors (Lipinski definition) is 4. The highest BCUT2D eigenvalue weighted by Gasteiger charge is 2.57. The van der Waals surface area contributed by atoms with Gasteiger partial charge in [0, 0.05) is 36.2 Å². The third kappa shape index (κ3) is 7.90. The lowest BCUT2D eigenvalue weighted by atomic mass is 9.64. The monoisotopic (exact) mass is 647 g/mol. The SMILES string of the molecule is CC1=CCC[C@@]2(C)[C@@H](CC[C@@]2(O)CN(Cc2ccccc2)C[C@H](O)CO)c2ccc(cc2C(=O)c2ccc(F)c(F)c2)C[C@@H](O)CC1. The van der Waals surface area contributed by atoms with Crippen LogP contribution in [0, 0.1) is 17.0 Å². The number of allylic oxidation sites excluding steroid dienone is 2. The van der Waals surface area contributed by atoms with E-state index >= 15 is 0 Å². The minimum Gasteiger partial charge on any atom is -0.394 e. The Balaban J connectivity index is 1.59. The second-order valence-corrected chi connectivity index (χ2v) is 13.9. The molecule has 0 amide bonds. The minimum atomic E-state index is -1.22. The van der Waals surface area contributed by atoms with Crippen LogP contribution in [0.25, 0.3) is 0 Å². The number of fused-ring (bicyclic) bond motifs is 8. The molecule has 47 heavy (non-hydrogen) atoms. The highest BCUT2D eigenvalue weighted by molar-refractivity contribution is 6.10. The van der Waals surface area contributed by atoms with Crippen molar-refractivity contribution in [2.75, 3.05) is 19.7 Å². The standard InChI is InChI=1S/C39H47F2NO5/c1-26-7-6-17-38(2)34(16-18-39(38,47)25-42(23-31(45)24-43)22-27-8-4-3-5-9-27)32-14-11-28(19-30(44)13-10-26)20-33(32)37(46)29-12-15-35(40)36(41)21-29/h3-5,7-9,11-12,14-15,20-21,30-31,34,43-45,47H,6,10,13,16-19,22-25H2,1-2H3/t30-,31-,34-,38-,39+/m0/s1. The minimum absolute atomic E-state index is 0.0320. The molecule has 0 aliphatic heterocycles. The molecule has 4 N–H and O–H groups in total. The van der Waals surface area contributed by atoms with Crippen molar-refractivity contribution in [3.63, 3.8) is 0 Å². The second kappa shape index (κ2) is 14.9. The van der Waals surface area contributed by atoms with Crippen molar-refractivity contribution in [2.24, 2.45) is 5.41 Å². The molecule has 3 aliphatic carbocycles. The molecule has 3 aliphatic rings. The van der Waals surface area contributed by atoms with Gasteiger partial charge in [0.1, 0.15) is 0 Å². The fourth-order valence-corrected chi connectivity index (χ4v) is 7.74. The molecular formula is C39H47F2NO5. The van der Waals surface area contributed by atoms with Crippen LogP contribution in [0.2, 0.25) is 0 Å². The first kappa shape index (κ1) is 35.0. The molecule has 8 heteroatoms. The first-order valence-electron chi connectivity index (χ1n) is 16.7. The Morgan fingerprint density at radius 3 is 2.51 bits per heavy atom. The lowest BCUT2D eigenvalue weighted by molar-refractivity contribution is -0.0907. The van der Waals surface area contributed by atoms with Crippen molar-refractivity contribution in [3.8, 4) is 0 Å². The maximum atomic E-state index is 14.3. The van der Waals surface area contributed by atoms with Gasteiger partial charge >= 0.3 is 0 Å². The Hall–Kier alpha value is -3.27. The number of halogens is 2. The molecule has 6 rings (SSSR count). The van der Waals surface area contributed by atoms with E-state index in [-0.39, 0.29) is 24.6 Å². The first-order chi connectivity index (χ1) is 22.4. The fraction of sp³-hybridized carbons (Fsp3) is 0.462. The summed E-state index contributed by atoms with van der Waals surface area (Å²) >= 11 is 0. The average molecular weight is 648 g/mol. The maximum Gasteiger partial charge on any atom is 0.193 e. The summed E-state index contributed by atoms with van der Waals surface area (Å²) in [7, 11) is 0. The van der Waals surface area contributed by atoms with Gasteiger partial charge in [0.2, 0.25) is 0 Å². The topological polar surface area (TPSA) is 101 Å². The fourth-order valence-electron chi connectivity index (χ4n) is 7.74. The number of ketones is 1. The van der Waals surface area contributed by atoms with Crippen LogP contribution in [0.15, 0.2) is 78.4 Å². The summed E-state index contributed by atoms with van der Waals surface area (Å²) in [5.41, 5.74) is 2.14. The van der Waals surface area contributed by atoms with Crippen molar-refractivity contribution in [1.29, 1.82) is 0 Å². The van der Waals surface area contributed by atoms with Crippen LogP contribution in [0.5, 0.6) is 0 Å². The van der Waals surface area contributed by atoms with Gasteiger partial charge in [0.15, 0.2) is 17.4 Å². The Kier molecular flexibility index (Phi) is 11.1. The largest absolute Gasteiger partial charge is 0.394 e. The number of carbonyl (C=O) groups excluding carboxylic acids is 1. The number of rotatable bonds is 9. The quantitative estimate of drug-likeness (QED) is 0.166. The van der Waals surface area contributed by atoms with E-state index in [4.69, 9.17) is 0 Å². The number of nitrogens with zero attached hydrogens (tertiary/aromatic N) is 1. The van der Waals surface area contributed by atoms with Crippen LogP contribution < -0.4 is 0 Å². The molecule has 1 fully saturated rings. The number of aliphatic hydroxyl groups excluding tert-OH is 3. The molecule has 252 valence electrons. The molecule has 2 bridgehead atoms. The van der Waals surface area contributed by atoms with E-state index in [2.05, 4.69) is 19.9 Å². The van der Waals surface area contributed by atoms with E-state index in [1.165, 1.54) is 11.6 Å². The molecule has 0 radical (unpaired) electrons. The lowest BCUT2D eigenvalue weighted by Gasteiger charge is -2.46. The first-order valence-corrected chi connectivity index (χ1v) is 16.7. The Morgan fingerprint density at radius 1 is 1.02 bits per heavy atom. The molecule has 3 aromatic rings. The van der Waals surface area contributed by atoms with Crippen molar-refractivity contribution in [3.05, 3.63) is 118 Å². The summed E-state index contributed by atoms with van der Waals surface area (Å²) in [6, 6.07) is 18.6. The van der Waals surface area contributed by atoms with E-state index in [1.807, 2.05) is 47.4 Å². The van der Waals surface area contributed by atoms with E-state index in [1.54, 1.807) is 6.07 Å². The van der Waals surface area contributed by atoms with Crippen molar-refractivity contribution < 1.29 is 34.0 Å². The zero-order valence-corrected chi connectivity index (χ0v) is 27.3. The number of carbonyl (C=O) groups is 1. The summed E-state index contributed by atoms with van der Waals surface area (Å²) in [6.45, 7) is 4.62. The Labute approximate surface area is 276 Å². The molecule has 3 aromatic carbocycles. The van der Waals surface area contributed by atoms with Gasteiger partial charge in [0.25, 0.3) is 0 Å². The summed E-state index contributed by atoms with van der Waals surface area (Å²) in [6.07, 6.45) is 4.51. The zero-order valence-electron chi connectivity index (χ0n) is 27.3. The molecule has 0 saturated heterocycles. The van der Waals surface area contributed by atoms with Crippen LogP contribution >= 0.6 is 0 Å². The molecule has 6 nitrogen and oxygen atoms in total. The predicted molar refractivity (Wildman–Crippen MR) is 178 cm³/mol. The van der Waals surface area contributed by atoms with Crippen molar-refractivity contribution >= 4 is 5.78 Å². The van der Waals surface area contributed by atoms with Gasteiger partial charge in [0.05, 0.1) is 24.4 Å². The summed E-state index contributed by atoms with van der Waals surface area (Å²) < 4.78 is 28.2. The van der Waals surface area contributed by atoms with Gasteiger partial charge in [-0.2, -0.15) is 0 Å². The molecular weight excluding hydrogens is 600 g/mol. The van der Waals surface area contributed by atoms with Gasteiger partial charge in [-0.05, 0) is 98.7 Å². The average Bonchev–Trinajstić information content (AvgIpc) is 3.30. The van der Waals surface area contributed by atoms with Gasteiger partial charge in [-0.15, -0.1) is 0 Å². The molecule has 5 atom stereocenters. The third-order valence-corrected chi connectivity index (χ3v) is 10.5. The number of hydrogen-bond acceptors (Lipinski definition) is 6. The molecule has 0 unspecified atom stereocenters. The van der Waals surface area contributed by atoms with Gasteiger partial charge in [-0.25, -0.2) is 8.78 Å². The summed E-state index contributed by atoms with van der Waals surface area (Å²) in [5, 5.41) is 43.7. The Bertz CT molecular complexity index is 1580. The molecule has 0 spiro atoms. The highest BCUT2D eigenvalue weighted by atomic mass is 19.2. The lowest BCUT2D eigenvalue weighted by Crippen LogP contribution is -2.53. The molecule has 0 aromatic heterocycles. The van der Waals surface area contributed by atoms with E-state index in [9.17, 15) is 34.0 Å². The van der Waals surface area contributed by atoms with Gasteiger partial charge < -0.3 is 20.4 Å². The smallest absolute Gasteiger partial charge is 0.193 e. The number of aliphatic hydroxyl groups is 4. The normalized spacial score (nSPS) is 25.7. The van der Waals surface area contributed by atoms with E-state index in [0.717, 1.165) is 28.8 Å². The van der Waals surface area contributed by atoms with E-state index in [0.29, 0.717) is 57.1 Å². The van der Waals surface area contributed by atoms with E-state index < -0.39 is 47.2 Å². The van der Waals surface area contributed by atoms with Crippen molar-refractivity contribution in [2.45, 2.75) is 89.1 Å². The Morgan fingerprint density at radius 2 is 1.79 bits per heavy atom. The second-order valence-electron chi connectivity index (χ2n) is 13.9. The molecule has 1 saturated carbocycles. The van der Waals surface area contributed by atoms with Crippen LogP contribution in [-0.2, 0) is 13.0 Å². The number of benzene rings is 3. The third-order valence-electron chi connectivity index (χ3n) is 10.5. The molecule has 0 heterocycles. The van der Waals surface area contributed by atoms with Gasteiger partial charge in [-0.3, -0.25) is 9.69 Å². The predicted octanol–water partition coefficient (Wildman–Crippen LogP) is 6.09. The highest BCUT2D eigenvalue weighted by Crippen LogP contribution is 2.59. The van der Waals surface area contributed by atoms with Crippen molar-refractivity contribution in [1.82, 2.24) is 4.90 Å². The maximum absolute atomic E-state index is 14.3. The summed E-state index contributed by atoms with van der Waals surface area (Å²) in [4.78, 5) is 16.1. The van der Waals surface area contributed by atoms with Crippen LogP contribution in [0.1, 0.15) is 90.9 Å². The van der Waals surface area contributed by atoms with Crippen LogP contribution in [0.3, 0.4) is 0 Å². The summed E-state index contributed by atoms with van der Waals surface area (Å²) in [5.74, 6) is -2.82. The zero-order chi connectivity index (χ0) is 33.8. The van der Waals surface area contributed by atoms with Crippen LogP contribution in [0.4, 0.5) is 8.78 Å².